The van der Waals surface area contributed by atoms with Gasteiger partial charge in [-0.2, -0.15) is 13.2 Å². The molecule has 0 radical (unpaired) electrons. The molecular formula is C14H11ClF3N. The van der Waals surface area contributed by atoms with E-state index in [4.69, 9.17) is 17.3 Å². The SMILES string of the molecule is NC(c1ccc(Cl)cc1)c1cccc(C(F)(F)F)c1. The van der Waals surface area contributed by atoms with Gasteiger partial charge in [-0.1, -0.05) is 35.9 Å². The maximum atomic E-state index is 12.6. The van der Waals surface area contributed by atoms with E-state index in [0.29, 0.717) is 16.1 Å². The summed E-state index contributed by atoms with van der Waals surface area (Å²) >= 11 is 5.76. The van der Waals surface area contributed by atoms with Crippen molar-refractivity contribution < 1.29 is 13.2 Å². The first-order valence-corrected chi connectivity index (χ1v) is 5.94. The van der Waals surface area contributed by atoms with Crippen LogP contribution in [-0.4, -0.2) is 0 Å². The predicted octanol–water partition coefficient (Wildman–Crippen LogP) is 4.41. The quantitative estimate of drug-likeness (QED) is 0.869. The monoisotopic (exact) mass is 285 g/mol. The Morgan fingerprint density at radius 2 is 1.58 bits per heavy atom. The van der Waals surface area contributed by atoms with Crippen LogP contribution in [0.25, 0.3) is 0 Å². The van der Waals surface area contributed by atoms with Crippen molar-refractivity contribution >= 4 is 11.6 Å². The van der Waals surface area contributed by atoms with Gasteiger partial charge in [-0.05, 0) is 35.4 Å². The number of nitrogens with two attached hydrogens (primary N) is 1. The fourth-order valence-corrected chi connectivity index (χ4v) is 1.90. The van der Waals surface area contributed by atoms with Gasteiger partial charge in [0.15, 0.2) is 0 Å². The molecule has 0 aromatic heterocycles. The highest BCUT2D eigenvalue weighted by Gasteiger charge is 2.30. The average Bonchev–Trinajstić information content (AvgIpc) is 2.38. The van der Waals surface area contributed by atoms with Gasteiger partial charge in [-0.25, -0.2) is 0 Å². The molecule has 0 saturated carbocycles. The number of rotatable bonds is 2. The molecule has 2 rings (SSSR count). The van der Waals surface area contributed by atoms with Gasteiger partial charge in [-0.15, -0.1) is 0 Å². The number of hydrogen-bond donors (Lipinski definition) is 1. The molecule has 1 nitrogen and oxygen atoms in total. The normalized spacial score (nSPS) is 13.3. The summed E-state index contributed by atoms with van der Waals surface area (Å²) in [5.41, 5.74) is 6.39. The molecule has 2 aromatic rings. The predicted molar refractivity (Wildman–Crippen MR) is 68.9 cm³/mol. The Hall–Kier alpha value is -1.52. The van der Waals surface area contributed by atoms with Gasteiger partial charge < -0.3 is 5.73 Å². The fourth-order valence-electron chi connectivity index (χ4n) is 1.77. The van der Waals surface area contributed by atoms with Gasteiger partial charge in [0, 0.05) is 5.02 Å². The van der Waals surface area contributed by atoms with Crippen molar-refractivity contribution in [3.05, 3.63) is 70.2 Å². The maximum absolute atomic E-state index is 12.6. The molecule has 1 atom stereocenters. The maximum Gasteiger partial charge on any atom is 0.416 e. The van der Waals surface area contributed by atoms with Crippen LogP contribution < -0.4 is 5.73 Å². The van der Waals surface area contributed by atoms with Crippen molar-refractivity contribution in [2.24, 2.45) is 5.73 Å². The van der Waals surface area contributed by atoms with E-state index >= 15 is 0 Å². The Labute approximate surface area is 113 Å². The Morgan fingerprint density at radius 1 is 0.947 bits per heavy atom. The largest absolute Gasteiger partial charge is 0.416 e. The molecular weight excluding hydrogens is 275 g/mol. The summed E-state index contributed by atoms with van der Waals surface area (Å²) in [7, 11) is 0. The molecule has 19 heavy (non-hydrogen) atoms. The van der Waals surface area contributed by atoms with Crippen molar-refractivity contribution in [3.8, 4) is 0 Å². The molecule has 2 N–H and O–H groups in total. The van der Waals surface area contributed by atoms with Crippen molar-refractivity contribution in [2.75, 3.05) is 0 Å². The summed E-state index contributed by atoms with van der Waals surface area (Å²) in [6.45, 7) is 0. The summed E-state index contributed by atoms with van der Waals surface area (Å²) in [6, 6.07) is 11.1. The Morgan fingerprint density at radius 3 is 2.16 bits per heavy atom. The molecule has 0 aliphatic rings. The average molecular weight is 286 g/mol. The topological polar surface area (TPSA) is 26.0 Å². The number of halogens is 4. The Balaban J connectivity index is 2.34. The van der Waals surface area contributed by atoms with Crippen LogP contribution in [-0.2, 0) is 6.18 Å². The van der Waals surface area contributed by atoms with E-state index in [2.05, 4.69) is 0 Å². The van der Waals surface area contributed by atoms with Crippen LogP contribution in [0, 0.1) is 0 Å². The summed E-state index contributed by atoms with van der Waals surface area (Å²) in [4.78, 5) is 0. The van der Waals surface area contributed by atoms with Crippen molar-refractivity contribution in [3.63, 3.8) is 0 Å². The summed E-state index contributed by atoms with van der Waals surface area (Å²) in [5, 5.41) is 0.556. The molecule has 0 bridgehead atoms. The molecule has 0 aliphatic carbocycles. The highest BCUT2D eigenvalue weighted by molar-refractivity contribution is 6.30. The molecule has 0 aliphatic heterocycles. The van der Waals surface area contributed by atoms with Crippen LogP contribution in [0.3, 0.4) is 0 Å². The molecule has 0 fully saturated rings. The van der Waals surface area contributed by atoms with E-state index in [9.17, 15) is 13.2 Å². The van der Waals surface area contributed by atoms with Gasteiger partial charge in [0.2, 0.25) is 0 Å². The first kappa shape index (κ1) is 13.9. The van der Waals surface area contributed by atoms with Crippen LogP contribution >= 0.6 is 11.6 Å². The van der Waals surface area contributed by atoms with E-state index in [1.807, 2.05) is 0 Å². The second-order valence-electron chi connectivity index (χ2n) is 4.15. The third-order valence-corrected chi connectivity index (χ3v) is 3.05. The van der Waals surface area contributed by atoms with E-state index < -0.39 is 17.8 Å². The number of benzene rings is 2. The zero-order valence-electron chi connectivity index (χ0n) is 9.79. The van der Waals surface area contributed by atoms with Gasteiger partial charge in [0.05, 0.1) is 11.6 Å². The third-order valence-electron chi connectivity index (χ3n) is 2.80. The summed E-state index contributed by atoms with van der Waals surface area (Å²) in [5.74, 6) is 0. The first-order valence-electron chi connectivity index (χ1n) is 5.56. The molecule has 0 heterocycles. The third kappa shape index (κ3) is 3.28. The van der Waals surface area contributed by atoms with Crippen molar-refractivity contribution in [1.29, 1.82) is 0 Å². The summed E-state index contributed by atoms with van der Waals surface area (Å²) in [6.07, 6.45) is -4.37. The molecule has 0 spiro atoms. The zero-order valence-corrected chi connectivity index (χ0v) is 10.5. The van der Waals surface area contributed by atoms with E-state index in [1.165, 1.54) is 6.07 Å². The highest BCUT2D eigenvalue weighted by atomic mass is 35.5. The molecule has 0 saturated heterocycles. The summed E-state index contributed by atoms with van der Waals surface area (Å²) < 4.78 is 37.9. The molecule has 5 heteroatoms. The van der Waals surface area contributed by atoms with Gasteiger partial charge in [0.1, 0.15) is 0 Å². The van der Waals surface area contributed by atoms with Gasteiger partial charge in [0.25, 0.3) is 0 Å². The fraction of sp³-hybridized carbons (Fsp3) is 0.143. The first-order chi connectivity index (χ1) is 8.88. The number of hydrogen-bond acceptors (Lipinski definition) is 1. The standard InChI is InChI=1S/C14H11ClF3N/c15-12-6-4-9(5-7-12)13(19)10-2-1-3-11(8-10)14(16,17)18/h1-8,13H,19H2. The highest BCUT2D eigenvalue weighted by Crippen LogP contribution is 2.31. The molecule has 0 amide bonds. The minimum atomic E-state index is -4.37. The lowest BCUT2D eigenvalue weighted by Gasteiger charge is -2.15. The van der Waals surface area contributed by atoms with Crippen LogP contribution in [0.1, 0.15) is 22.7 Å². The van der Waals surface area contributed by atoms with Gasteiger partial charge >= 0.3 is 6.18 Å². The second kappa shape index (κ2) is 5.23. The van der Waals surface area contributed by atoms with Crippen LogP contribution in [0.15, 0.2) is 48.5 Å². The minimum absolute atomic E-state index is 0.414. The van der Waals surface area contributed by atoms with Crippen molar-refractivity contribution in [2.45, 2.75) is 12.2 Å². The molecule has 2 aromatic carbocycles. The van der Waals surface area contributed by atoms with Crippen LogP contribution in [0.4, 0.5) is 13.2 Å². The number of alkyl halides is 3. The lowest BCUT2D eigenvalue weighted by molar-refractivity contribution is -0.137. The lowest BCUT2D eigenvalue weighted by Crippen LogP contribution is -2.13. The zero-order chi connectivity index (χ0) is 14.0. The van der Waals surface area contributed by atoms with Crippen molar-refractivity contribution in [1.82, 2.24) is 0 Å². The molecule has 1 unspecified atom stereocenters. The lowest BCUT2D eigenvalue weighted by atomic mass is 9.98. The van der Waals surface area contributed by atoms with Gasteiger partial charge in [-0.3, -0.25) is 0 Å². The van der Waals surface area contributed by atoms with Crippen LogP contribution in [0.2, 0.25) is 5.02 Å². The smallest absolute Gasteiger partial charge is 0.320 e. The van der Waals surface area contributed by atoms with E-state index in [-0.39, 0.29) is 0 Å². The Kier molecular flexibility index (Phi) is 3.83. The Bertz CT molecular complexity index is 564. The molecule has 100 valence electrons. The minimum Gasteiger partial charge on any atom is -0.320 e. The van der Waals surface area contributed by atoms with Crippen LogP contribution in [0.5, 0.6) is 0 Å². The van der Waals surface area contributed by atoms with E-state index in [0.717, 1.165) is 12.1 Å². The van der Waals surface area contributed by atoms with E-state index in [1.54, 1.807) is 30.3 Å². The second-order valence-corrected chi connectivity index (χ2v) is 4.59.